The van der Waals surface area contributed by atoms with Gasteiger partial charge >= 0.3 is 0 Å². The molecule has 84 valence electrons. The van der Waals surface area contributed by atoms with E-state index in [0.29, 0.717) is 12.0 Å². The van der Waals surface area contributed by atoms with Crippen LogP contribution in [0.5, 0.6) is 11.5 Å². The number of phenols is 2. The number of rotatable bonds is 0. The van der Waals surface area contributed by atoms with Gasteiger partial charge in [0.25, 0.3) is 0 Å². The van der Waals surface area contributed by atoms with Gasteiger partial charge in [-0.3, -0.25) is 0 Å². The number of hydrogen-bond donors (Lipinski definition) is 2. The summed E-state index contributed by atoms with van der Waals surface area (Å²) in [6, 6.07) is 10.9. The molecule has 0 atom stereocenters. The predicted octanol–water partition coefficient (Wildman–Crippen LogP) is 3.06. The highest BCUT2D eigenvalue weighted by molar-refractivity contribution is 5.89. The van der Waals surface area contributed by atoms with Crippen molar-refractivity contribution in [3.8, 4) is 11.5 Å². The van der Waals surface area contributed by atoms with Gasteiger partial charge in [0.2, 0.25) is 0 Å². The molecule has 0 aliphatic heterocycles. The minimum atomic E-state index is 0.224. The molecule has 1 aliphatic carbocycles. The monoisotopic (exact) mass is 224 g/mol. The molecule has 0 heterocycles. The van der Waals surface area contributed by atoms with Crippen LogP contribution in [0, 0.1) is 0 Å². The van der Waals surface area contributed by atoms with E-state index in [1.165, 1.54) is 0 Å². The lowest BCUT2D eigenvalue weighted by atomic mass is 9.82. The average molecular weight is 224 g/mol. The van der Waals surface area contributed by atoms with Crippen molar-refractivity contribution in [3.05, 3.63) is 65.2 Å². The van der Waals surface area contributed by atoms with Gasteiger partial charge in [-0.25, -0.2) is 0 Å². The van der Waals surface area contributed by atoms with Crippen LogP contribution in [-0.4, -0.2) is 10.2 Å². The fraction of sp³-hybridized carbons (Fsp3) is 0.0667. The number of hydrogen-bond acceptors (Lipinski definition) is 2. The van der Waals surface area contributed by atoms with Gasteiger partial charge in [0.1, 0.15) is 11.5 Å². The van der Waals surface area contributed by atoms with Crippen molar-refractivity contribution in [2.24, 2.45) is 0 Å². The van der Waals surface area contributed by atoms with Crippen LogP contribution in [0.1, 0.15) is 22.3 Å². The Bertz CT molecular complexity index is 573. The summed E-state index contributed by atoms with van der Waals surface area (Å²) >= 11 is 0. The van der Waals surface area contributed by atoms with Crippen molar-refractivity contribution in [2.75, 3.05) is 0 Å². The molecule has 0 radical (unpaired) electrons. The summed E-state index contributed by atoms with van der Waals surface area (Å²) in [5.41, 5.74) is 4.29. The topological polar surface area (TPSA) is 40.5 Å². The van der Waals surface area contributed by atoms with Crippen LogP contribution < -0.4 is 0 Å². The highest BCUT2D eigenvalue weighted by Crippen LogP contribution is 2.42. The van der Waals surface area contributed by atoms with Gasteiger partial charge in [-0.1, -0.05) is 30.8 Å². The quantitative estimate of drug-likeness (QED) is 0.616. The van der Waals surface area contributed by atoms with E-state index in [1.54, 1.807) is 12.1 Å². The molecule has 0 saturated carbocycles. The van der Waals surface area contributed by atoms with Gasteiger partial charge < -0.3 is 10.2 Å². The first-order chi connectivity index (χ1) is 8.18. The Hall–Kier alpha value is -2.22. The lowest BCUT2D eigenvalue weighted by Gasteiger charge is -2.23. The van der Waals surface area contributed by atoms with E-state index in [-0.39, 0.29) is 11.5 Å². The molecule has 0 amide bonds. The Morgan fingerprint density at radius 3 is 1.76 bits per heavy atom. The molecule has 0 bridgehead atoms. The summed E-state index contributed by atoms with van der Waals surface area (Å²) in [6.45, 7) is 4.00. The summed E-state index contributed by atoms with van der Waals surface area (Å²) in [5.74, 6) is 0.447. The Labute approximate surface area is 99.5 Å². The molecular formula is C15H12O2. The Balaban J connectivity index is 2.30. The van der Waals surface area contributed by atoms with Crippen LogP contribution in [0.3, 0.4) is 0 Å². The van der Waals surface area contributed by atoms with Gasteiger partial charge in [-0.15, -0.1) is 0 Å². The van der Waals surface area contributed by atoms with Crippen molar-refractivity contribution in [1.82, 2.24) is 0 Å². The van der Waals surface area contributed by atoms with Crippen molar-refractivity contribution in [2.45, 2.75) is 6.42 Å². The van der Waals surface area contributed by atoms with E-state index in [2.05, 4.69) is 6.58 Å². The first kappa shape index (κ1) is 9.97. The van der Waals surface area contributed by atoms with E-state index >= 15 is 0 Å². The zero-order valence-electron chi connectivity index (χ0n) is 9.27. The second kappa shape index (κ2) is 3.39. The van der Waals surface area contributed by atoms with E-state index in [1.807, 2.05) is 24.3 Å². The van der Waals surface area contributed by atoms with E-state index in [0.717, 1.165) is 22.3 Å². The van der Waals surface area contributed by atoms with Crippen LogP contribution >= 0.6 is 0 Å². The van der Waals surface area contributed by atoms with Gasteiger partial charge in [0, 0.05) is 11.1 Å². The molecule has 2 aromatic rings. The average Bonchev–Trinajstić information content (AvgIpc) is 2.28. The van der Waals surface area contributed by atoms with Crippen LogP contribution in [0.15, 0.2) is 43.0 Å². The maximum atomic E-state index is 9.90. The summed E-state index contributed by atoms with van der Waals surface area (Å²) in [6.07, 6.45) is 0.715. The van der Waals surface area contributed by atoms with Gasteiger partial charge in [0.05, 0.1) is 0 Å². The third kappa shape index (κ3) is 1.34. The minimum Gasteiger partial charge on any atom is -0.507 e. The molecule has 1 aliphatic rings. The fourth-order valence-corrected chi connectivity index (χ4v) is 2.49. The summed E-state index contributed by atoms with van der Waals surface area (Å²) in [7, 11) is 0. The van der Waals surface area contributed by atoms with Crippen molar-refractivity contribution >= 4 is 5.57 Å². The van der Waals surface area contributed by atoms with E-state index < -0.39 is 0 Å². The standard InChI is InChI=1S/C15H12O2/c1-9-14-10(4-2-6-12(14)16)8-11-5-3-7-13(17)15(9)11/h2-7,16-17H,1,8H2. The number of fused-ring (bicyclic) bond motifs is 2. The molecule has 0 saturated heterocycles. The van der Waals surface area contributed by atoms with Gasteiger partial charge in [-0.2, -0.15) is 0 Å². The van der Waals surface area contributed by atoms with Crippen molar-refractivity contribution < 1.29 is 10.2 Å². The first-order valence-corrected chi connectivity index (χ1v) is 5.50. The minimum absolute atomic E-state index is 0.224. The predicted molar refractivity (Wildman–Crippen MR) is 67.2 cm³/mol. The third-order valence-corrected chi connectivity index (χ3v) is 3.24. The molecule has 2 aromatic carbocycles. The Morgan fingerprint density at radius 2 is 1.29 bits per heavy atom. The molecule has 0 spiro atoms. The molecule has 2 N–H and O–H groups in total. The van der Waals surface area contributed by atoms with Crippen LogP contribution in [-0.2, 0) is 6.42 Å². The number of aromatic hydroxyl groups is 2. The summed E-state index contributed by atoms with van der Waals surface area (Å²) in [5, 5.41) is 19.8. The Morgan fingerprint density at radius 1 is 0.824 bits per heavy atom. The largest absolute Gasteiger partial charge is 0.507 e. The molecule has 0 aromatic heterocycles. The maximum absolute atomic E-state index is 9.90. The van der Waals surface area contributed by atoms with Crippen molar-refractivity contribution in [3.63, 3.8) is 0 Å². The number of phenolic OH excluding ortho intramolecular Hbond substituents is 2. The Kier molecular flexibility index (Phi) is 1.99. The number of benzene rings is 2. The van der Waals surface area contributed by atoms with E-state index in [4.69, 9.17) is 0 Å². The highest BCUT2D eigenvalue weighted by Gasteiger charge is 2.23. The lowest BCUT2D eigenvalue weighted by Crippen LogP contribution is -2.06. The smallest absolute Gasteiger partial charge is 0.123 e. The van der Waals surface area contributed by atoms with Crippen molar-refractivity contribution in [1.29, 1.82) is 0 Å². The fourth-order valence-electron chi connectivity index (χ4n) is 2.49. The summed E-state index contributed by atoms with van der Waals surface area (Å²) < 4.78 is 0. The van der Waals surface area contributed by atoms with Crippen LogP contribution in [0.25, 0.3) is 5.57 Å². The molecule has 3 rings (SSSR count). The van der Waals surface area contributed by atoms with Gasteiger partial charge in [0.15, 0.2) is 0 Å². The SMILES string of the molecule is C=C1c2c(O)cccc2Cc2cccc(O)c21. The molecule has 17 heavy (non-hydrogen) atoms. The van der Waals surface area contributed by atoms with E-state index in [9.17, 15) is 10.2 Å². The maximum Gasteiger partial charge on any atom is 0.123 e. The molecule has 2 heteroatoms. The third-order valence-electron chi connectivity index (χ3n) is 3.24. The molecular weight excluding hydrogens is 212 g/mol. The summed E-state index contributed by atoms with van der Waals surface area (Å²) in [4.78, 5) is 0. The molecule has 0 unspecified atom stereocenters. The molecule has 2 nitrogen and oxygen atoms in total. The van der Waals surface area contributed by atoms with Crippen LogP contribution in [0.2, 0.25) is 0 Å². The highest BCUT2D eigenvalue weighted by atomic mass is 16.3. The zero-order valence-corrected chi connectivity index (χ0v) is 9.27. The normalized spacial score (nSPS) is 13.1. The van der Waals surface area contributed by atoms with Crippen LogP contribution in [0.4, 0.5) is 0 Å². The zero-order chi connectivity index (χ0) is 12.0. The second-order valence-electron chi connectivity index (χ2n) is 4.28. The first-order valence-electron chi connectivity index (χ1n) is 5.50. The second-order valence-corrected chi connectivity index (χ2v) is 4.28. The van der Waals surface area contributed by atoms with Gasteiger partial charge in [-0.05, 0) is 35.3 Å². The molecule has 0 fully saturated rings. The lowest BCUT2D eigenvalue weighted by molar-refractivity contribution is 0.469.